The maximum atomic E-state index is 11.4. The molecule has 0 aliphatic carbocycles. The molecular weight excluding hydrogens is 270 g/mol. The van der Waals surface area contributed by atoms with Crippen molar-refractivity contribution in [1.29, 1.82) is 0 Å². The summed E-state index contributed by atoms with van der Waals surface area (Å²) in [6.07, 6.45) is 3.14. The molecule has 1 amide bonds. The number of benzene rings is 1. The predicted molar refractivity (Wildman–Crippen MR) is 81.1 cm³/mol. The minimum Gasteiger partial charge on any atom is -0.481 e. The Kier molecular flexibility index (Phi) is 5.96. The average molecular weight is 291 g/mol. The molecule has 5 nitrogen and oxygen atoms in total. The summed E-state index contributed by atoms with van der Waals surface area (Å²) in [7, 11) is 0. The second kappa shape index (κ2) is 7.47. The van der Waals surface area contributed by atoms with Gasteiger partial charge in [-0.1, -0.05) is 36.4 Å². The number of carboxylic acid groups (broad SMARTS) is 1. The molecule has 0 unspecified atom stereocenters. The summed E-state index contributed by atoms with van der Waals surface area (Å²) in [6.45, 7) is 5.75. The van der Waals surface area contributed by atoms with E-state index in [2.05, 4.69) is 5.32 Å². The van der Waals surface area contributed by atoms with Gasteiger partial charge >= 0.3 is 12.1 Å². The quantitative estimate of drug-likeness (QED) is 0.874. The van der Waals surface area contributed by atoms with Gasteiger partial charge in [-0.2, -0.15) is 0 Å². The van der Waals surface area contributed by atoms with Crippen LogP contribution in [0.1, 0.15) is 31.9 Å². The lowest BCUT2D eigenvalue weighted by Crippen LogP contribution is -2.32. The number of aliphatic carboxylic acids is 1. The number of hydrogen-bond acceptors (Lipinski definition) is 3. The third-order valence-corrected chi connectivity index (χ3v) is 2.38. The van der Waals surface area contributed by atoms with Crippen molar-refractivity contribution in [2.24, 2.45) is 0 Å². The predicted octanol–water partition coefficient (Wildman–Crippen LogP) is 2.85. The third kappa shape index (κ3) is 7.77. The van der Waals surface area contributed by atoms with E-state index in [9.17, 15) is 9.59 Å². The van der Waals surface area contributed by atoms with Crippen LogP contribution in [0.4, 0.5) is 4.79 Å². The summed E-state index contributed by atoms with van der Waals surface area (Å²) in [5, 5.41) is 11.4. The Morgan fingerprint density at radius 2 is 2.05 bits per heavy atom. The van der Waals surface area contributed by atoms with E-state index in [1.807, 2.05) is 12.1 Å². The Labute approximate surface area is 124 Å². The lowest BCUT2D eigenvalue weighted by molar-refractivity contribution is -0.136. The van der Waals surface area contributed by atoms with Crippen molar-refractivity contribution in [2.45, 2.75) is 32.8 Å². The van der Waals surface area contributed by atoms with Crippen molar-refractivity contribution in [1.82, 2.24) is 5.32 Å². The molecule has 0 aromatic heterocycles. The van der Waals surface area contributed by atoms with E-state index in [1.54, 1.807) is 45.0 Å². The molecule has 0 aliphatic rings. The normalized spacial score (nSPS) is 11.4. The molecule has 0 radical (unpaired) electrons. The number of hydrogen-bond donors (Lipinski definition) is 2. The van der Waals surface area contributed by atoms with Crippen LogP contribution in [0, 0.1) is 0 Å². The molecule has 0 spiro atoms. The van der Waals surface area contributed by atoms with Gasteiger partial charge in [-0.05, 0) is 31.9 Å². The van der Waals surface area contributed by atoms with Crippen molar-refractivity contribution in [3.8, 4) is 0 Å². The van der Waals surface area contributed by atoms with Gasteiger partial charge in [0, 0.05) is 6.54 Å². The van der Waals surface area contributed by atoms with Crippen LogP contribution in [-0.2, 0) is 16.0 Å². The van der Waals surface area contributed by atoms with Crippen LogP contribution >= 0.6 is 0 Å². The van der Waals surface area contributed by atoms with Gasteiger partial charge in [0.2, 0.25) is 0 Å². The Morgan fingerprint density at radius 3 is 2.67 bits per heavy atom. The molecule has 0 aliphatic heterocycles. The van der Waals surface area contributed by atoms with Crippen LogP contribution in [-0.4, -0.2) is 29.3 Å². The summed E-state index contributed by atoms with van der Waals surface area (Å²) in [5.41, 5.74) is 1.11. The zero-order chi connectivity index (χ0) is 15.9. The first-order valence-corrected chi connectivity index (χ1v) is 6.70. The van der Waals surface area contributed by atoms with Gasteiger partial charge in [-0.15, -0.1) is 0 Å². The van der Waals surface area contributed by atoms with Gasteiger partial charge in [0.15, 0.2) is 0 Å². The van der Waals surface area contributed by atoms with Gasteiger partial charge < -0.3 is 15.2 Å². The minimum absolute atomic E-state index is 0.00214. The molecule has 1 aromatic rings. The maximum absolute atomic E-state index is 11.4. The lowest BCUT2D eigenvalue weighted by atomic mass is 10.1. The summed E-state index contributed by atoms with van der Waals surface area (Å²) in [5.74, 6) is -0.859. The third-order valence-electron chi connectivity index (χ3n) is 2.38. The number of carbonyl (C=O) groups is 2. The molecule has 0 fully saturated rings. The first-order valence-electron chi connectivity index (χ1n) is 6.70. The smallest absolute Gasteiger partial charge is 0.407 e. The SMILES string of the molecule is CC(C)(C)OC(=O)NCC=Cc1cccc(CC(=O)O)c1. The maximum Gasteiger partial charge on any atom is 0.407 e. The van der Waals surface area contributed by atoms with Crippen LogP contribution < -0.4 is 5.32 Å². The number of ether oxygens (including phenoxy) is 1. The largest absolute Gasteiger partial charge is 0.481 e. The molecule has 1 rings (SSSR count). The molecule has 0 saturated carbocycles. The van der Waals surface area contributed by atoms with E-state index in [-0.39, 0.29) is 6.42 Å². The number of amides is 1. The fourth-order valence-electron chi connectivity index (χ4n) is 1.63. The zero-order valence-corrected chi connectivity index (χ0v) is 12.6. The number of nitrogens with one attached hydrogen (secondary N) is 1. The highest BCUT2D eigenvalue weighted by atomic mass is 16.6. The highest BCUT2D eigenvalue weighted by molar-refractivity contribution is 5.70. The number of carboxylic acids is 1. The van der Waals surface area contributed by atoms with Crippen molar-refractivity contribution in [2.75, 3.05) is 6.54 Å². The number of alkyl carbamates (subject to hydrolysis) is 1. The molecule has 0 atom stereocenters. The Morgan fingerprint density at radius 1 is 1.33 bits per heavy atom. The highest BCUT2D eigenvalue weighted by Gasteiger charge is 2.14. The summed E-state index contributed by atoms with van der Waals surface area (Å²) in [6, 6.07) is 7.25. The van der Waals surface area contributed by atoms with E-state index in [0.29, 0.717) is 6.54 Å². The number of carbonyl (C=O) groups excluding carboxylic acids is 1. The lowest BCUT2D eigenvalue weighted by Gasteiger charge is -2.19. The van der Waals surface area contributed by atoms with Crippen molar-refractivity contribution < 1.29 is 19.4 Å². The van der Waals surface area contributed by atoms with Crippen LogP contribution in [0.2, 0.25) is 0 Å². The second-order valence-electron chi connectivity index (χ2n) is 5.60. The van der Waals surface area contributed by atoms with Crippen molar-refractivity contribution in [3.63, 3.8) is 0 Å². The summed E-state index contributed by atoms with van der Waals surface area (Å²) < 4.78 is 5.10. The molecule has 0 saturated heterocycles. The first-order chi connectivity index (χ1) is 9.76. The van der Waals surface area contributed by atoms with E-state index in [0.717, 1.165) is 11.1 Å². The van der Waals surface area contributed by atoms with Gasteiger partial charge in [0.25, 0.3) is 0 Å². The van der Waals surface area contributed by atoms with Gasteiger partial charge in [-0.25, -0.2) is 4.79 Å². The summed E-state index contributed by atoms with van der Waals surface area (Å²) in [4.78, 5) is 22.1. The molecule has 0 heterocycles. The highest BCUT2D eigenvalue weighted by Crippen LogP contribution is 2.08. The van der Waals surface area contributed by atoms with Crippen LogP contribution in [0.5, 0.6) is 0 Å². The van der Waals surface area contributed by atoms with E-state index in [4.69, 9.17) is 9.84 Å². The summed E-state index contributed by atoms with van der Waals surface area (Å²) >= 11 is 0. The van der Waals surface area contributed by atoms with Gasteiger partial charge in [0.05, 0.1) is 6.42 Å². The fraction of sp³-hybridized carbons (Fsp3) is 0.375. The molecule has 2 N–H and O–H groups in total. The van der Waals surface area contributed by atoms with Crippen molar-refractivity contribution in [3.05, 3.63) is 41.5 Å². The van der Waals surface area contributed by atoms with E-state index < -0.39 is 17.7 Å². The Hall–Kier alpha value is -2.30. The van der Waals surface area contributed by atoms with Crippen LogP contribution in [0.3, 0.4) is 0 Å². The molecule has 0 bridgehead atoms. The fourth-order valence-corrected chi connectivity index (χ4v) is 1.63. The monoisotopic (exact) mass is 291 g/mol. The van der Waals surface area contributed by atoms with Gasteiger partial charge in [0.1, 0.15) is 5.60 Å². The van der Waals surface area contributed by atoms with E-state index >= 15 is 0 Å². The Balaban J connectivity index is 2.47. The van der Waals surface area contributed by atoms with E-state index in [1.165, 1.54) is 0 Å². The minimum atomic E-state index is -0.859. The Bertz CT molecular complexity index is 529. The van der Waals surface area contributed by atoms with Crippen LogP contribution in [0.15, 0.2) is 30.3 Å². The molecule has 1 aromatic carbocycles. The molecular formula is C16H21NO4. The standard InChI is InChI=1S/C16H21NO4/c1-16(2,3)21-15(20)17-9-5-8-12-6-4-7-13(10-12)11-14(18)19/h4-8,10H,9,11H2,1-3H3,(H,17,20)(H,18,19). The van der Waals surface area contributed by atoms with Crippen LogP contribution in [0.25, 0.3) is 6.08 Å². The zero-order valence-electron chi connectivity index (χ0n) is 12.6. The molecule has 114 valence electrons. The first kappa shape index (κ1) is 16.8. The average Bonchev–Trinajstić information content (AvgIpc) is 2.32. The van der Waals surface area contributed by atoms with Gasteiger partial charge in [-0.3, -0.25) is 4.79 Å². The number of rotatable bonds is 5. The van der Waals surface area contributed by atoms with Crippen molar-refractivity contribution >= 4 is 18.1 Å². The molecule has 21 heavy (non-hydrogen) atoms. The topological polar surface area (TPSA) is 75.6 Å². The molecule has 5 heteroatoms. The second-order valence-corrected chi connectivity index (χ2v) is 5.60.